The van der Waals surface area contributed by atoms with Crippen LogP contribution in [0.3, 0.4) is 0 Å². The highest BCUT2D eigenvalue weighted by Crippen LogP contribution is 2.23. The second-order valence-corrected chi connectivity index (χ2v) is 6.28. The fraction of sp³-hybridized carbons (Fsp3) is 0.263. The van der Waals surface area contributed by atoms with Crippen LogP contribution < -0.4 is 0 Å². The molecule has 0 spiro atoms. The second kappa shape index (κ2) is 10.2. The molecule has 4 nitrogen and oxygen atoms in total. The van der Waals surface area contributed by atoms with Crippen molar-refractivity contribution >= 4 is 35.2 Å². The SMILES string of the molecule is COCCCN(Cc1ccncc1)C(=O)/C=C/c1ccc(Cl)c(Cl)c1. The van der Waals surface area contributed by atoms with Crippen molar-refractivity contribution in [2.24, 2.45) is 0 Å². The van der Waals surface area contributed by atoms with E-state index in [4.69, 9.17) is 27.9 Å². The molecule has 0 aliphatic rings. The van der Waals surface area contributed by atoms with E-state index in [0.29, 0.717) is 29.7 Å². The molecule has 1 amide bonds. The van der Waals surface area contributed by atoms with Crippen molar-refractivity contribution in [2.75, 3.05) is 20.3 Å². The van der Waals surface area contributed by atoms with Crippen LogP contribution in [0.4, 0.5) is 0 Å². The lowest BCUT2D eigenvalue weighted by Crippen LogP contribution is -2.30. The molecule has 0 aliphatic carbocycles. The summed E-state index contributed by atoms with van der Waals surface area (Å²) in [6.07, 6.45) is 7.50. The summed E-state index contributed by atoms with van der Waals surface area (Å²) in [6.45, 7) is 1.74. The first-order valence-electron chi connectivity index (χ1n) is 7.90. The number of amides is 1. The minimum absolute atomic E-state index is 0.0704. The molecule has 0 atom stereocenters. The van der Waals surface area contributed by atoms with Gasteiger partial charge in [-0.15, -0.1) is 0 Å². The van der Waals surface area contributed by atoms with Crippen molar-refractivity contribution in [3.8, 4) is 0 Å². The maximum absolute atomic E-state index is 12.6. The number of rotatable bonds is 8. The highest BCUT2D eigenvalue weighted by Gasteiger charge is 2.11. The molecule has 25 heavy (non-hydrogen) atoms. The zero-order chi connectivity index (χ0) is 18.1. The fourth-order valence-corrected chi connectivity index (χ4v) is 2.57. The number of nitrogens with zero attached hydrogens (tertiary/aromatic N) is 2. The van der Waals surface area contributed by atoms with E-state index >= 15 is 0 Å². The van der Waals surface area contributed by atoms with Gasteiger partial charge in [0.05, 0.1) is 10.0 Å². The van der Waals surface area contributed by atoms with Crippen LogP contribution in [0, 0.1) is 0 Å². The minimum Gasteiger partial charge on any atom is -0.385 e. The zero-order valence-corrected chi connectivity index (χ0v) is 15.5. The van der Waals surface area contributed by atoms with Gasteiger partial charge in [0, 0.05) is 45.3 Å². The number of carbonyl (C=O) groups is 1. The molecule has 2 aromatic rings. The van der Waals surface area contributed by atoms with Crippen LogP contribution >= 0.6 is 23.2 Å². The third-order valence-electron chi connectivity index (χ3n) is 3.57. The van der Waals surface area contributed by atoms with Gasteiger partial charge in [-0.2, -0.15) is 0 Å². The Kier molecular flexibility index (Phi) is 7.92. The number of carbonyl (C=O) groups excluding carboxylic acids is 1. The summed E-state index contributed by atoms with van der Waals surface area (Å²) >= 11 is 11.9. The molecule has 0 N–H and O–H groups in total. The molecule has 0 fully saturated rings. The summed E-state index contributed by atoms with van der Waals surface area (Å²) in [4.78, 5) is 18.4. The Balaban J connectivity index is 2.07. The van der Waals surface area contributed by atoms with Crippen LogP contribution in [0.25, 0.3) is 6.08 Å². The van der Waals surface area contributed by atoms with E-state index in [9.17, 15) is 4.79 Å². The second-order valence-electron chi connectivity index (χ2n) is 5.47. The number of hydrogen-bond acceptors (Lipinski definition) is 3. The lowest BCUT2D eigenvalue weighted by Gasteiger charge is -2.21. The standard InChI is InChI=1S/C19H20Cl2N2O2/c1-25-12-2-11-23(14-16-7-9-22-10-8-16)19(24)6-4-15-3-5-17(20)18(21)13-15/h3-10,13H,2,11-12,14H2,1H3/b6-4+. The van der Waals surface area contributed by atoms with Gasteiger partial charge in [-0.25, -0.2) is 0 Å². The first kappa shape index (κ1) is 19.4. The third kappa shape index (κ3) is 6.50. The highest BCUT2D eigenvalue weighted by atomic mass is 35.5. The van der Waals surface area contributed by atoms with Gasteiger partial charge in [0.1, 0.15) is 0 Å². The molecule has 0 aliphatic heterocycles. The molecule has 0 unspecified atom stereocenters. The van der Waals surface area contributed by atoms with Gasteiger partial charge in [0.25, 0.3) is 0 Å². The van der Waals surface area contributed by atoms with Crippen LogP contribution in [0.15, 0.2) is 48.8 Å². The Bertz CT molecular complexity index is 721. The summed E-state index contributed by atoms with van der Waals surface area (Å²) < 4.78 is 5.08. The highest BCUT2D eigenvalue weighted by molar-refractivity contribution is 6.42. The Morgan fingerprint density at radius 3 is 2.64 bits per heavy atom. The van der Waals surface area contributed by atoms with Crippen molar-refractivity contribution in [3.05, 3.63) is 70.0 Å². The van der Waals surface area contributed by atoms with Crippen molar-refractivity contribution in [2.45, 2.75) is 13.0 Å². The molecule has 0 radical (unpaired) electrons. The lowest BCUT2D eigenvalue weighted by atomic mass is 10.2. The predicted octanol–water partition coefficient (Wildman–Crippen LogP) is 4.47. The number of pyridine rings is 1. The summed E-state index contributed by atoms with van der Waals surface area (Å²) in [6, 6.07) is 9.06. The van der Waals surface area contributed by atoms with Crippen LogP contribution in [-0.4, -0.2) is 36.1 Å². The normalized spacial score (nSPS) is 11.0. The van der Waals surface area contributed by atoms with Crippen molar-refractivity contribution in [1.82, 2.24) is 9.88 Å². The van der Waals surface area contributed by atoms with E-state index in [1.54, 1.807) is 48.7 Å². The van der Waals surface area contributed by atoms with E-state index < -0.39 is 0 Å². The zero-order valence-electron chi connectivity index (χ0n) is 14.0. The van der Waals surface area contributed by atoms with Gasteiger partial charge in [0.2, 0.25) is 5.91 Å². The van der Waals surface area contributed by atoms with Gasteiger partial charge in [-0.05, 0) is 47.9 Å². The quantitative estimate of drug-likeness (QED) is 0.502. The minimum atomic E-state index is -0.0704. The molecule has 0 bridgehead atoms. The molecule has 1 aromatic heterocycles. The maximum atomic E-state index is 12.6. The Labute approximate surface area is 158 Å². The van der Waals surface area contributed by atoms with Crippen LogP contribution in [-0.2, 0) is 16.1 Å². The van der Waals surface area contributed by atoms with Crippen molar-refractivity contribution in [3.63, 3.8) is 0 Å². The maximum Gasteiger partial charge on any atom is 0.246 e. The number of benzene rings is 1. The number of hydrogen-bond donors (Lipinski definition) is 0. The largest absolute Gasteiger partial charge is 0.385 e. The molecule has 132 valence electrons. The first-order chi connectivity index (χ1) is 12.1. The van der Waals surface area contributed by atoms with E-state index in [-0.39, 0.29) is 5.91 Å². The third-order valence-corrected chi connectivity index (χ3v) is 4.31. The molecular formula is C19H20Cl2N2O2. The Morgan fingerprint density at radius 1 is 1.20 bits per heavy atom. The Morgan fingerprint density at radius 2 is 1.96 bits per heavy atom. The lowest BCUT2D eigenvalue weighted by molar-refractivity contribution is -0.126. The van der Waals surface area contributed by atoms with Crippen LogP contribution in [0.1, 0.15) is 17.5 Å². The molecule has 0 saturated heterocycles. The molecule has 1 heterocycles. The van der Waals surface area contributed by atoms with E-state index in [1.165, 1.54) is 0 Å². The van der Waals surface area contributed by atoms with Crippen molar-refractivity contribution in [1.29, 1.82) is 0 Å². The van der Waals surface area contributed by atoms with Crippen LogP contribution in [0.2, 0.25) is 10.0 Å². The number of aromatic nitrogens is 1. The van der Waals surface area contributed by atoms with E-state index in [0.717, 1.165) is 17.5 Å². The molecule has 6 heteroatoms. The predicted molar refractivity (Wildman–Crippen MR) is 102 cm³/mol. The Hall–Kier alpha value is -1.88. The van der Waals surface area contributed by atoms with E-state index in [1.807, 2.05) is 18.2 Å². The van der Waals surface area contributed by atoms with Gasteiger partial charge < -0.3 is 9.64 Å². The molecular weight excluding hydrogens is 359 g/mol. The van der Waals surface area contributed by atoms with Gasteiger partial charge >= 0.3 is 0 Å². The monoisotopic (exact) mass is 378 g/mol. The number of ether oxygens (including phenoxy) is 1. The summed E-state index contributed by atoms with van der Waals surface area (Å²) in [5.41, 5.74) is 1.85. The topological polar surface area (TPSA) is 42.4 Å². The fourth-order valence-electron chi connectivity index (χ4n) is 2.26. The van der Waals surface area contributed by atoms with Gasteiger partial charge in [-0.1, -0.05) is 29.3 Å². The summed E-state index contributed by atoms with van der Waals surface area (Å²) in [5.74, 6) is -0.0704. The average molecular weight is 379 g/mol. The number of methoxy groups -OCH3 is 1. The number of halogens is 2. The molecule has 2 rings (SSSR count). The smallest absolute Gasteiger partial charge is 0.246 e. The first-order valence-corrected chi connectivity index (χ1v) is 8.65. The van der Waals surface area contributed by atoms with Crippen LogP contribution in [0.5, 0.6) is 0 Å². The average Bonchev–Trinajstić information content (AvgIpc) is 2.62. The molecule has 1 aromatic carbocycles. The van der Waals surface area contributed by atoms with Gasteiger partial charge in [0.15, 0.2) is 0 Å². The summed E-state index contributed by atoms with van der Waals surface area (Å²) in [7, 11) is 1.65. The van der Waals surface area contributed by atoms with Gasteiger partial charge in [-0.3, -0.25) is 9.78 Å². The summed E-state index contributed by atoms with van der Waals surface area (Å²) in [5, 5.41) is 0.953. The van der Waals surface area contributed by atoms with E-state index in [2.05, 4.69) is 4.98 Å². The molecule has 0 saturated carbocycles. The van der Waals surface area contributed by atoms with Crippen molar-refractivity contribution < 1.29 is 9.53 Å².